The van der Waals surface area contributed by atoms with Crippen molar-refractivity contribution in [2.45, 2.75) is 0 Å². The molecule has 7 heteroatoms. The fraction of sp³-hybridized carbons (Fsp3) is 0.200. The predicted molar refractivity (Wildman–Crippen MR) is 63.0 cm³/mol. The first-order valence-electron chi connectivity index (χ1n) is 4.48. The number of methoxy groups -OCH3 is 1. The van der Waals surface area contributed by atoms with Crippen LogP contribution < -0.4 is 10.1 Å². The molecule has 1 rings (SSSR count). The molecule has 0 aromatic heterocycles. The molecule has 2 N–H and O–H groups in total. The van der Waals surface area contributed by atoms with Crippen molar-refractivity contribution in [1.29, 1.82) is 0 Å². The number of rotatable bonds is 4. The van der Waals surface area contributed by atoms with Crippen LogP contribution in [0.3, 0.4) is 0 Å². The molecule has 17 heavy (non-hydrogen) atoms. The van der Waals surface area contributed by atoms with Crippen LogP contribution >= 0.6 is 23.2 Å². The van der Waals surface area contributed by atoms with Crippen LogP contribution in [-0.2, 0) is 4.79 Å². The molecule has 1 amide bonds. The van der Waals surface area contributed by atoms with Crippen LogP contribution in [0.2, 0.25) is 10.0 Å². The second-order valence-corrected chi connectivity index (χ2v) is 3.89. The standard InChI is InChI=1S/C10H9Cl2NO4/c1-17-9-6(2-5(11)3-7(9)12)10(16)13-4-8(14)15/h2-3H,4H2,1H3,(H,13,16)(H,14,15). The van der Waals surface area contributed by atoms with Gasteiger partial charge in [0.15, 0.2) is 0 Å². The number of hydrogen-bond donors (Lipinski definition) is 2. The Kier molecular flexibility index (Phi) is 4.60. The van der Waals surface area contributed by atoms with Crippen LogP contribution in [0.1, 0.15) is 10.4 Å². The van der Waals surface area contributed by atoms with E-state index in [4.69, 9.17) is 33.0 Å². The van der Waals surface area contributed by atoms with Crippen LogP contribution in [-0.4, -0.2) is 30.6 Å². The van der Waals surface area contributed by atoms with Crippen molar-refractivity contribution in [2.75, 3.05) is 13.7 Å². The van der Waals surface area contributed by atoms with Crippen LogP contribution in [0.15, 0.2) is 12.1 Å². The summed E-state index contributed by atoms with van der Waals surface area (Å²) in [7, 11) is 1.35. The van der Waals surface area contributed by atoms with Crippen LogP contribution in [0.5, 0.6) is 5.75 Å². The number of benzene rings is 1. The summed E-state index contributed by atoms with van der Waals surface area (Å²) < 4.78 is 4.96. The monoisotopic (exact) mass is 277 g/mol. The Labute approximate surface area is 107 Å². The molecule has 0 radical (unpaired) electrons. The summed E-state index contributed by atoms with van der Waals surface area (Å²) in [6.45, 7) is -0.494. The number of hydrogen-bond acceptors (Lipinski definition) is 3. The topological polar surface area (TPSA) is 75.6 Å². The minimum atomic E-state index is -1.15. The van der Waals surface area contributed by atoms with Gasteiger partial charge in [-0.3, -0.25) is 9.59 Å². The number of carboxylic acids is 1. The lowest BCUT2D eigenvalue weighted by molar-refractivity contribution is -0.135. The normalized spacial score (nSPS) is 9.82. The van der Waals surface area contributed by atoms with Gasteiger partial charge in [0, 0.05) is 5.02 Å². The molecule has 0 heterocycles. The zero-order chi connectivity index (χ0) is 13.0. The summed E-state index contributed by atoms with van der Waals surface area (Å²) in [5.41, 5.74) is 0.0891. The average Bonchev–Trinajstić information content (AvgIpc) is 2.24. The Morgan fingerprint density at radius 2 is 2.06 bits per heavy atom. The molecule has 0 spiro atoms. The maximum atomic E-state index is 11.7. The summed E-state index contributed by atoms with van der Waals surface area (Å²) in [5.74, 6) is -1.61. The second kappa shape index (κ2) is 5.75. The smallest absolute Gasteiger partial charge is 0.322 e. The van der Waals surface area contributed by atoms with E-state index in [0.29, 0.717) is 0 Å². The van der Waals surface area contributed by atoms with E-state index in [9.17, 15) is 9.59 Å². The zero-order valence-corrected chi connectivity index (χ0v) is 10.3. The van der Waals surface area contributed by atoms with Crippen molar-refractivity contribution in [2.24, 2.45) is 0 Å². The van der Waals surface area contributed by atoms with Gasteiger partial charge in [-0.1, -0.05) is 23.2 Å². The van der Waals surface area contributed by atoms with Crippen molar-refractivity contribution in [1.82, 2.24) is 5.32 Å². The predicted octanol–water partition coefficient (Wildman–Crippen LogP) is 1.82. The lowest BCUT2D eigenvalue weighted by Crippen LogP contribution is -2.29. The number of carboxylic acid groups (broad SMARTS) is 1. The molecule has 0 aliphatic heterocycles. The highest BCUT2D eigenvalue weighted by Crippen LogP contribution is 2.31. The quantitative estimate of drug-likeness (QED) is 0.880. The molecular weight excluding hydrogens is 269 g/mol. The van der Waals surface area contributed by atoms with Gasteiger partial charge in [-0.25, -0.2) is 0 Å². The molecule has 0 saturated carbocycles. The number of carbonyl (C=O) groups excluding carboxylic acids is 1. The minimum absolute atomic E-state index is 0.0891. The fourth-order valence-electron chi connectivity index (χ4n) is 1.19. The van der Waals surface area contributed by atoms with E-state index in [2.05, 4.69) is 5.32 Å². The number of nitrogens with one attached hydrogen (secondary N) is 1. The molecule has 0 aliphatic rings. The lowest BCUT2D eigenvalue weighted by atomic mass is 10.2. The van der Waals surface area contributed by atoms with E-state index in [-0.39, 0.29) is 21.4 Å². The number of aliphatic carboxylic acids is 1. The molecule has 0 unspecified atom stereocenters. The van der Waals surface area contributed by atoms with Crippen molar-refractivity contribution in [3.63, 3.8) is 0 Å². The third kappa shape index (κ3) is 3.51. The van der Waals surface area contributed by atoms with E-state index in [1.165, 1.54) is 19.2 Å². The Hall–Kier alpha value is -1.46. The lowest BCUT2D eigenvalue weighted by Gasteiger charge is -2.10. The van der Waals surface area contributed by atoms with Gasteiger partial charge >= 0.3 is 5.97 Å². The third-order valence-corrected chi connectivity index (χ3v) is 2.36. The maximum absolute atomic E-state index is 11.7. The Bertz CT molecular complexity index is 462. The molecule has 0 aliphatic carbocycles. The Morgan fingerprint density at radius 1 is 1.41 bits per heavy atom. The van der Waals surface area contributed by atoms with Gasteiger partial charge in [0.25, 0.3) is 5.91 Å². The average molecular weight is 278 g/mol. The van der Waals surface area contributed by atoms with Gasteiger partial charge in [-0.15, -0.1) is 0 Å². The van der Waals surface area contributed by atoms with Gasteiger partial charge in [0.05, 0.1) is 17.7 Å². The van der Waals surface area contributed by atoms with E-state index in [0.717, 1.165) is 0 Å². The molecule has 0 fully saturated rings. The fourth-order valence-corrected chi connectivity index (χ4v) is 1.76. The van der Waals surface area contributed by atoms with Gasteiger partial charge in [-0.05, 0) is 12.1 Å². The largest absolute Gasteiger partial charge is 0.494 e. The summed E-state index contributed by atoms with van der Waals surface area (Å²) in [4.78, 5) is 22.0. The minimum Gasteiger partial charge on any atom is -0.494 e. The first-order valence-corrected chi connectivity index (χ1v) is 5.24. The van der Waals surface area contributed by atoms with Crippen LogP contribution in [0.4, 0.5) is 0 Å². The molecule has 92 valence electrons. The van der Waals surface area contributed by atoms with Crippen LogP contribution in [0.25, 0.3) is 0 Å². The molecule has 5 nitrogen and oxygen atoms in total. The molecule has 1 aromatic rings. The maximum Gasteiger partial charge on any atom is 0.322 e. The number of halogens is 2. The number of amides is 1. The van der Waals surface area contributed by atoms with Crippen molar-refractivity contribution >= 4 is 35.1 Å². The highest BCUT2D eigenvalue weighted by atomic mass is 35.5. The Morgan fingerprint density at radius 3 is 2.59 bits per heavy atom. The third-order valence-electron chi connectivity index (χ3n) is 1.86. The van der Waals surface area contributed by atoms with Crippen molar-refractivity contribution in [3.05, 3.63) is 27.7 Å². The molecule has 0 atom stereocenters. The van der Waals surface area contributed by atoms with Gasteiger partial charge in [0.1, 0.15) is 12.3 Å². The van der Waals surface area contributed by atoms with Gasteiger partial charge < -0.3 is 15.2 Å². The first kappa shape index (κ1) is 13.6. The highest BCUT2D eigenvalue weighted by molar-refractivity contribution is 6.36. The summed E-state index contributed by atoms with van der Waals surface area (Å²) in [5, 5.41) is 11.1. The Balaban J connectivity index is 3.03. The highest BCUT2D eigenvalue weighted by Gasteiger charge is 2.17. The molecule has 0 bridgehead atoms. The van der Waals surface area contributed by atoms with E-state index in [1.807, 2.05) is 0 Å². The van der Waals surface area contributed by atoms with Gasteiger partial charge in [-0.2, -0.15) is 0 Å². The zero-order valence-electron chi connectivity index (χ0n) is 8.79. The number of carbonyl (C=O) groups is 2. The summed E-state index contributed by atoms with van der Waals surface area (Å²) in [6, 6.07) is 2.78. The summed E-state index contributed by atoms with van der Waals surface area (Å²) >= 11 is 11.6. The van der Waals surface area contributed by atoms with Crippen molar-refractivity contribution < 1.29 is 19.4 Å². The first-order chi connectivity index (χ1) is 7.95. The van der Waals surface area contributed by atoms with Crippen molar-refractivity contribution in [3.8, 4) is 5.75 Å². The van der Waals surface area contributed by atoms with Gasteiger partial charge in [0.2, 0.25) is 0 Å². The van der Waals surface area contributed by atoms with Crippen LogP contribution in [0, 0.1) is 0 Å². The molecule has 1 aromatic carbocycles. The van der Waals surface area contributed by atoms with E-state index >= 15 is 0 Å². The number of ether oxygens (including phenoxy) is 1. The molecular formula is C10H9Cl2NO4. The molecule has 0 saturated heterocycles. The summed E-state index contributed by atoms with van der Waals surface area (Å²) in [6.07, 6.45) is 0. The second-order valence-electron chi connectivity index (χ2n) is 3.04. The van der Waals surface area contributed by atoms with E-state index < -0.39 is 18.4 Å². The SMILES string of the molecule is COc1c(Cl)cc(Cl)cc1C(=O)NCC(=O)O. The van der Waals surface area contributed by atoms with E-state index in [1.54, 1.807) is 0 Å².